The average molecular weight is 451 g/mol. The predicted molar refractivity (Wildman–Crippen MR) is 119 cm³/mol. The van der Waals surface area contributed by atoms with Crippen LogP contribution < -0.4 is 14.4 Å². The predicted octanol–water partition coefficient (Wildman–Crippen LogP) is 0.795. The Bertz CT molecular complexity index is 1080. The van der Waals surface area contributed by atoms with E-state index in [1.54, 1.807) is 23.1 Å². The molecule has 0 bridgehead atoms. The van der Waals surface area contributed by atoms with E-state index in [0.29, 0.717) is 56.6 Å². The van der Waals surface area contributed by atoms with Gasteiger partial charge >= 0.3 is 0 Å². The van der Waals surface area contributed by atoms with Crippen molar-refractivity contribution in [3.8, 4) is 11.5 Å². The smallest absolute Gasteiger partial charge is 0.295 e. The molecule has 1 amide bonds. The van der Waals surface area contributed by atoms with E-state index in [0.717, 1.165) is 18.7 Å². The second-order valence-corrected chi connectivity index (χ2v) is 8.37. The lowest BCUT2D eigenvalue weighted by Crippen LogP contribution is -3.14. The third-order valence-corrected chi connectivity index (χ3v) is 6.38. The summed E-state index contributed by atoms with van der Waals surface area (Å²) in [4.78, 5) is 29.2. The first-order chi connectivity index (χ1) is 16.1. The summed E-state index contributed by atoms with van der Waals surface area (Å²) < 4.78 is 16.6. The van der Waals surface area contributed by atoms with Crippen molar-refractivity contribution < 1.29 is 33.8 Å². The summed E-state index contributed by atoms with van der Waals surface area (Å²) in [5.41, 5.74) is 1.30. The summed E-state index contributed by atoms with van der Waals surface area (Å²) in [6, 6.07) is 13.8. The fourth-order valence-corrected chi connectivity index (χ4v) is 4.63. The van der Waals surface area contributed by atoms with Gasteiger partial charge in [0.2, 0.25) is 0 Å². The molecule has 172 valence electrons. The third-order valence-electron chi connectivity index (χ3n) is 6.38. The van der Waals surface area contributed by atoms with Gasteiger partial charge in [0.15, 0.2) is 11.5 Å². The topological polar surface area (TPSA) is 89.7 Å². The number of hydrogen-bond donors (Lipinski definition) is 2. The normalized spacial score (nSPS) is 22.5. The largest absolute Gasteiger partial charge is 0.507 e. The molecule has 8 heteroatoms. The van der Waals surface area contributed by atoms with Crippen LogP contribution in [0, 0.1) is 0 Å². The maximum absolute atomic E-state index is 13.2. The molecule has 0 spiro atoms. The molecule has 3 aliphatic rings. The molecule has 3 heterocycles. The fraction of sp³-hybridized carbons (Fsp3) is 0.360. The number of rotatable bonds is 5. The number of nitrogens with one attached hydrogen (secondary N) is 1. The number of fused-ring (bicyclic) bond motifs is 1. The first-order valence-corrected chi connectivity index (χ1v) is 11.3. The van der Waals surface area contributed by atoms with Crippen molar-refractivity contribution in [2.75, 3.05) is 52.6 Å². The number of hydrogen-bond acceptors (Lipinski definition) is 6. The van der Waals surface area contributed by atoms with Crippen molar-refractivity contribution in [3.05, 3.63) is 65.2 Å². The van der Waals surface area contributed by atoms with E-state index < -0.39 is 17.7 Å². The first kappa shape index (κ1) is 21.5. The summed E-state index contributed by atoms with van der Waals surface area (Å²) in [6.07, 6.45) is 0. The summed E-state index contributed by atoms with van der Waals surface area (Å²) in [6.45, 7) is 5.13. The summed E-state index contributed by atoms with van der Waals surface area (Å²) >= 11 is 0. The van der Waals surface area contributed by atoms with Crippen molar-refractivity contribution in [1.82, 2.24) is 4.90 Å². The molecule has 5 rings (SSSR count). The highest BCUT2D eigenvalue weighted by Crippen LogP contribution is 2.40. The molecular weight excluding hydrogens is 424 g/mol. The second-order valence-electron chi connectivity index (χ2n) is 8.37. The van der Waals surface area contributed by atoms with E-state index in [2.05, 4.69) is 0 Å². The number of amides is 1. The van der Waals surface area contributed by atoms with Crippen molar-refractivity contribution in [1.29, 1.82) is 0 Å². The number of quaternary nitrogens is 1. The van der Waals surface area contributed by atoms with Crippen LogP contribution in [0.25, 0.3) is 5.76 Å². The SMILES string of the molecule is O=C1C(=O)N(CC[NH+]2CCOCC2)[C@H](c2ccccc2)C1=C(O)c1ccc2c(c1)OCCO2. The van der Waals surface area contributed by atoms with Gasteiger partial charge in [-0.05, 0) is 23.8 Å². The fourth-order valence-electron chi connectivity index (χ4n) is 4.63. The monoisotopic (exact) mass is 451 g/mol. The highest BCUT2D eigenvalue weighted by atomic mass is 16.6. The molecule has 0 aliphatic carbocycles. The number of carbonyl (C=O) groups excluding carboxylic acids is 2. The highest BCUT2D eigenvalue weighted by Gasteiger charge is 2.46. The Hall–Kier alpha value is -3.36. The molecule has 2 saturated heterocycles. The minimum atomic E-state index is -0.673. The van der Waals surface area contributed by atoms with E-state index in [-0.39, 0.29) is 11.3 Å². The van der Waals surface area contributed by atoms with E-state index in [4.69, 9.17) is 14.2 Å². The van der Waals surface area contributed by atoms with Gasteiger partial charge in [-0.15, -0.1) is 0 Å². The van der Waals surface area contributed by atoms with Gasteiger partial charge in [-0.3, -0.25) is 9.59 Å². The standard InChI is InChI=1S/C25H26N2O6/c28-23(18-6-7-19-20(16-18)33-15-14-32-19)21-22(17-4-2-1-3-5-17)27(25(30)24(21)29)9-8-26-10-12-31-13-11-26/h1-7,16,22,28H,8-15H2/p+1/t22-/m1/s1. The van der Waals surface area contributed by atoms with Crippen LogP contribution >= 0.6 is 0 Å². The van der Waals surface area contributed by atoms with Crippen molar-refractivity contribution in [2.24, 2.45) is 0 Å². The van der Waals surface area contributed by atoms with E-state index in [1.807, 2.05) is 30.3 Å². The molecule has 2 fully saturated rings. The van der Waals surface area contributed by atoms with Gasteiger partial charge in [-0.2, -0.15) is 0 Å². The molecular formula is C25H27N2O6+. The molecule has 0 aromatic heterocycles. The number of Topliss-reactive ketones (excluding diaryl/α,β-unsaturated/α-hetero) is 1. The zero-order valence-electron chi connectivity index (χ0n) is 18.3. The van der Waals surface area contributed by atoms with Gasteiger partial charge < -0.3 is 29.1 Å². The number of benzene rings is 2. The van der Waals surface area contributed by atoms with Crippen LogP contribution in [0.4, 0.5) is 0 Å². The molecule has 0 radical (unpaired) electrons. The van der Waals surface area contributed by atoms with Crippen LogP contribution in [0.2, 0.25) is 0 Å². The lowest BCUT2D eigenvalue weighted by Gasteiger charge is -2.29. The number of ketones is 1. The van der Waals surface area contributed by atoms with Gasteiger partial charge in [0, 0.05) is 5.56 Å². The zero-order valence-corrected chi connectivity index (χ0v) is 18.3. The lowest BCUT2D eigenvalue weighted by molar-refractivity contribution is -0.907. The zero-order chi connectivity index (χ0) is 22.8. The Balaban J connectivity index is 1.52. The molecule has 2 aromatic rings. The van der Waals surface area contributed by atoms with Gasteiger partial charge in [-0.1, -0.05) is 30.3 Å². The van der Waals surface area contributed by atoms with E-state index >= 15 is 0 Å². The van der Waals surface area contributed by atoms with Gasteiger partial charge in [0.05, 0.1) is 37.9 Å². The Kier molecular flexibility index (Phi) is 6.02. The second kappa shape index (κ2) is 9.25. The van der Waals surface area contributed by atoms with Crippen LogP contribution in [-0.2, 0) is 14.3 Å². The van der Waals surface area contributed by atoms with E-state index in [1.165, 1.54) is 4.90 Å². The van der Waals surface area contributed by atoms with Crippen molar-refractivity contribution >= 4 is 17.4 Å². The highest BCUT2D eigenvalue weighted by molar-refractivity contribution is 6.46. The molecule has 3 aliphatic heterocycles. The maximum Gasteiger partial charge on any atom is 0.295 e. The molecule has 8 nitrogen and oxygen atoms in total. The lowest BCUT2D eigenvalue weighted by atomic mass is 9.95. The van der Waals surface area contributed by atoms with Crippen LogP contribution in [0.3, 0.4) is 0 Å². The average Bonchev–Trinajstić information content (AvgIpc) is 3.12. The molecule has 33 heavy (non-hydrogen) atoms. The van der Waals surface area contributed by atoms with Crippen LogP contribution in [0.1, 0.15) is 17.2 Å². The Morgan fingerprint density at radius 1 is 0.970 bits per heavy atom. The Labute approximate surface area is 192 Å². The van der Waals surface area contributed by atoms with Crippen LogP contribution in [-0.4, -0.2) is 74.3 Å². The Morgan fingerprint density at radius 3 is 2.45 bits per heavy atom. The molecule has 2 aromatic carbocycles. The Morgan fingerprint density at radius 2 is 1.70 bits per heavy atom. The number of nitrogens with zero attached hydrogens (tertiary/aromatic N) is 1. The third kappa shape index (κ3) is 4.19. The number of likely N-dealkylation sites (tertiary alicyclic amines) is 1. The van der Waals surface area contributed by atoms with Gasteiger partial charge in [-0.25, -0.2) is 0 Å². The summed E-state index contributed by atoms with van der Waals surface area (Å²) in [7, 11) is 0. The van der Waals surface area contributed by atoms with Gasteiger partial charge in [0.1, 0.15) is 32.1 Å². The molecule has 0 saturated carbocycles. The number of morpholine rings is 1. The first-order valence-electron chi connectivity index (χ1n) is 11.3. The molecule has 2 N–H and O–H groups in total. The molecule has 0 unspecified atom stereocenters. The minimum Gasteiger partial charge on any atom is -0.507 e. The summed E-state index contributed by atoms with van der Waals surface area (Å²) in [5.74, 6) is -0.373. The van der Waals surface area contributed by atoms with E-state index in [9.17, 15) is 14.7 Å². The minimum absolute atomic E-state index is 0.0971. The summed E-state index contributed by atoms with van der Waals surface area (Å²) in [5, 5.41) is 11.2. The number of aliphatic hydroxyl groups excluding tert-OH is 1. The van der Waals surface area contributed by atoms with Crippen molar-refractivity contribution in [3.63, 3.8) is 0 Å². The van der Waals surface area contributed by atoms with Crippen LogP contribution in [0.15, 0.2) is 54.1 Å². The maximum atomic E-state index is 13.2. The van der Waals surface area contributed by atoms with Gasteiger partial charge in [0.25, 0.3) is 11.7 Å². The number of ether oxygens (including phenoxy) is 3. The van der Waals surface area contributed by atoms with Crippen LogP contribution in [0.5, 0.6) is 11.5 Å². The van der Waals surface area contributed by atoms with Crippen molar-refractivity contribution in [2.45, 2.75) is 6.04 Å². The number of carbonyl (C=O) groups is 2. The quantitative estimate of drug-likeness (QED) is 0.397. The number of aliphatic hydroxyl groups is 1. The molecule has 1 atom stereocenters.